The van der Waals surface area contributed by atoms with Gasteiger partial charge >= 0.3 is 12.2 Å². The number of hydrogen-bond donors (Lipinski definition) is 4. The van der Waals surface area contributed by atoms with Crippen LogP contribution in [0.2, 0.25) is 0 Å². The number of nitrogens with zero attached hydrogens (tertiary/aromatic N) is 2. The summed E-state index contributed by atoms with van der Waals surface area (Å²) in [6.07, 6.45) is 2.03. The molecule has 50 heavy (non-hydrogen) atoms. The number of aromatic nitrogens is 4. The summed E-state index contributed by atoms with van der Waals surface area (Å²) in [5.41, 5.74) is 1.87. The Morgan fingerprint density at radius 3 is 1.18 bits per heavy atom. The van der Waals surface area contributed by atoms with Gasteiger partial charge in [0, 0.05) is 10.8 Å². The van der Waals surface area contributed by atoms with Crippen LogP contribution in [-0.2, 0) is 9.47 Å². The van der Waals surface area contributed by atoms with E-state index in [-0.39, 0.29) is 0 Å². The monoisotopic (exact) mass is 692 g/mol. The summed E-state index contributed by atoms with van der Waals surface area (Å²) >= 11 is 0. The lowest BCUT2D eigenvalue weighted by Gasteiger charge is -2.32. The predicted molar refractivity (Wildman–Crippen MR) is 191 cm³/mol. The Morgan fingerprint density at radius 1 is 0.600 bits per heavy atom. The highest BCUT2D eigenvalue weighted by Gasteiger charge is 2.37. The van der Waals surface area contributed by atoms with Crippen molar-refractivity contribution < 1.29 is 27.8 Å². The Labute approximate surface area is 293 Å². The minimum absolute atomic E-state index is 0.426. The van der Waals surface area contributed by atoms with Crippen molar-refractivity contribution >= 4 is 12.2 Å². The minimum Gasteiger partial charge on any atom is -0.444 e. The third-order valence-electron chi connectivity index (χ3n) is 8.04. The number of H-pyrrole nitrogens is 2. The highest BCUT2D eigenvalue weighted by molar-refractivity contribution is 5.72. The fraction of sp³-hybridized carbons (Fsp3) is 0.474. The van der Waals surface area contributed by atoms with Crippen molar-refractivity contribution in [3.05, 3.63) is 72.6 Å². The van der Waals surface area contributed by atoms with E-state index in [2.05, 4.69) is 30.6 Å². The van der Waals surface area contributed by atoms with Crippen LogP contribution in [0.5, 0.6) is 0 Å². The zero-order valence-electron chi connectivity index (χ0n) is 30.6. The van der Waals surface area contributed by atoms with Gasteiger partial charge in [-0.3, -0.25) is 8.78 Å². The van der Waals surface area contributed by atoms with E-state index in [9.17, 15) is 18.4 Å². The number of nitrogens with one attached hydrogen (secondary N) is 4. The number of amides is 2. The molecule has 270 valence electrons. The average molecular weight is 693 g/mol. The second-order valence-electron chi connectivity index (χ2n) is 15.9. The van der Waals surface area contributed by atoms with Crippen molar-refractivity contribution in [3.8, 4) is 33.6 Å². The fourth-order valence-electron chi connectivity index (χ4n) is 5.22. The molecule has 0 radical (unpaired) electrons. The maximum atomic E-state index is 14.1. The number of halogens is 2. The topological polar surface area (TPSA) is 134 Å². The summed E-state index contributed by atoms with van der Waals surface area (Å²) in [6.45, 7) is 16.1. The molecule has 4 rings (SSSR count). The number of aromatic amines is 2. The van der Waals surface area contributed by atoms with Crippen LogP contribution < -0.4 is 10.6 Å². The molecule has 4 N–H and O–H groups in total. The van der Waals surface area contributed by atoms with E-state index in [0.717, 1.165) is 33.6 Å². The smallest absolute Gasteiger partial charge is 0.408 e. The van der Waals surface area contributed by atoms with Crippen LogP contribution in [0, 0.1) is 10.8 Å². The molecule has 0 aliphatic heterocycles. The maximum Gasteiger partial charge on any atom is 0.408 e. The summed E-state index contributed by atoms with van der Waals surface area (Å²) in [7, 11) is 0. The number of rotatable bonds is 11. The number of hydrogen-bond acceptors (Lipinski definition) is 6. The molecule has 0 bridgehead atoms. The van der Waals surface area contributed by atoms with Gasteiger partial charge in [0.1, 0.15) is 22.9 Å². The molecule has 4 aromatic rings. The molecular formula is C38H50F2N6O4. The van der Waals surface area contributed by atoms with E-state index >= 15 is 0 Å². The number of benzene rings is 2. The molecule has 2 atom stereocenters. The Kier molecular flexibility index (Phi) is 11.1. The summed E-state index contributed by atoms with van der Waals surface area (Å²) in [5.74, 6) is 0.852. The van der Waals surface area contributed by atoms with E-state index in [1.54, 1.807) is 81.6 Å². The number of carbonyl (C=O) groups is 2. The van der Waals surface area contributed by atoms with E-state index in [0.29, 0.717) is 11.6 Å². The van der Waals surface area contributed by atoms with Gasteiger partial charge in [0.2, 0.25) is 0 Å². The van der Waals surface area contributed by atoms with Crippen LogP contribution in [0.1, 0.15) is 93.0 Å². The molecule has 0 aliphatic rings. The quantitative estimate of drug-likeness (QED) is 0.124. The summed E-state index contributed by atoms with van der Waals surface area (Å²) in [5, 5.41) is 5.57. The SMILES string of the molecule is CC(C)(C)OC(=O)NC(c1ncc(-c2ccc(-c3ccc(-c4cnc(C(NC(=O)OC(C)(C)C)C(C)(C)CF)[nH]4)cc3)cc2)[nH]1)C(C)(C)CF. The van der Waals surface area contributed by atoms with Gasteiger partial charge in [-0.2, -0.15) is 0 Å². The van der Waals surface area contributed by atoms with Gasteiger partial charge in [-0.05, 0) is 63.8 Å². The minimum atomic E-state index is -0.941. The van der Waals surface area contributed by atoms with E-state index in [1.807, 2.05) is 48.5 Å². The molecule has 0 saturated carbocycles. The summed E-state index contributed by atoms with van der Waals surface area (Å²) < 4.78 is 38.9. The maximum absolute atomic E-state index is 14.1. The van der Waals surface area contributed by atoms with Gasteiger partial charge in [0.25, 0.3) is 0 Å². The lowest BCUT2D eigenvalue weighted by atomic mass is 9.85. The predicted octanol–water partition coefficient (Wildman–Crippen LogP) is 9.26. The molecule has 10 nitrogen and oxygen atoms in total. The van der Waals surface area contributed by atoms with Gasteiger partial charge in [-0.25, -0.2) is 19.6 Å². The van der Waals surface area contributed by atoms with Gasteiger partial charge in [-0.1, -0.05) is 76.2 Å². The molecule has 0 aliphatic carbocycles. The van der Waals surface area contributed by atoms with Crippen LogP contribution in [0.25, 0.3) is 33.6 Å². The van der Waals surface area contributed by atoms with Crippen LogP contribution in [-0.4, -0.2) is 56.7 Å². The zero-order valence-corrected chi connectivity index (χ0v) is 30.6. The fourth-order valence-corrected chi connectivity index (χ4v) is 5.22. The van der Waals surface area contributed by atoms with Crippen LogP contribution in [0.3, 0.4) is 0 Å². The molecule has 2 aromatic carbocycles. The highest BCUT2D eigenvalue weighted by Crippen LogP contribution is 2.36. The summed E-state index contributed by atoms with van der Waals surface area (Å²) in [6, 6.07) is 14.3. The van der Waals surface area contributed by atoms with Crippen molar-refractivity contribution in [2.24, 2.45) is 10.8 Å². The average Bonchev–Trinajstić information content (AvgIpc) is 3.72. The number of alkyl carbamates (subject to hydrolysis) is 2. The van der Waals surface area contributed by atoms with Gasteiger partial charge in [-0.15, -0.1) is 0 Å². The standard InChI is InChI=1S/C38H50F2N6O4/c1-35(2,3)49-33(47)45-29(37(7,8)21-39)31-41-19-27(43-31)25-15-11-23(12-16-25)24-13-17-26(18-14-24)28-20-42-32(44-28)30(38(9,10)22-40)46-34(48)50-36(4,5)6/h11-20,29-30H,21-22H2,1-10H3,(H,41,43)(H,42,44)(H,45,47)(H,46,48). The molecule has 12 heteroatoms. The van der Waals surface area contributed by atoms with Crippen LogP contribution in [0.4, 0.5) is 18.4 Å². The summed E-state index contributed by atoms with van der Waals surface area (Å²) in [4.78, 5) is 40.6. The van der Waals surface area contributed by atoms with Gasteiger partial charge in [0.15, 0.2) is 0 Å². The normalized spacial score (nSPS) is 13.8. The molecule has 2 aromatic heterocycles. The van der Waals surface area contributed by atoms with Gasteiger partial charge in [0.05, 0.1) is 49.2 Å². The van der Waals surface area contributed by atoms with E-state index in [4.69, 9.17) is 9.47 Å². The van der Waals surface area contributed by atoms with Crippen molar-refractivity contribution in [2.45, 2.75) is 92.5 Å². The van der Waals surface area contributed by atoms with Crippen molar-refractivity contribution in [3.63, 3.8) is 0 Å². The Balaban J connectivity index is 1.50. The third kappa shape index (κ3) is 9.70. The van der Waals surface area contributed by atoms with Crippen molar-refractivity contribution in [2.75, 3.05) is 13.3 Å². The first-order chi connectivity index (χ1) is 23.2. The number of ether oxygens (including phenoxy) is 2. The lowest BCUT2D eigenvalue weighted by Crippen LogP contribution is -2.42. The second kappa shape index (κ2) is 14.6. The largest absolute Gasteiger partial charge is 0.444 e. The van der Waals surface area contributed by atoms with Crippen LogP contribution >= 0.6 is 0 Å². The Hall–Kier alpha value is -4.74. The molecule has 0 fully saturated rings. The second-order valence-corrected chi connectivity index (χ2v) is 15.9. The first-order valence-corrected chi connectivity index (χ1v) is 16.6. The highest BCUT2D eigenvalue weighted by atomic mass is 19.1. The number of alkyl halides is 2. The number of imidazole rings is 2. The molecule has 2 heterocycles. The van der Waals surface area contributed by atoms with Gasteiger partial charge < -0.3 is 30.1 Å². The molecule has 2 unspecified atom stereocenters. The number of carbonyl (C=O) groups excluding carboxylic acids is 2. The molecule has 0 saturated heterocycles. The Bertz CT molecular complexity index is 1620. The molecule has 2 amide bonds. The third-order valence-corrected chi connectivity index (χ3v) is 8.04. The lowest BCUT2D eigenvalue weighted by molar-refractivity contribution is 0.0425. The van der Waals surface area contributed by atoms with E-state index in [1.165, 1.54) is 0 Å². The zero-order chi connectivity index (χ0) is 37.1. The molecular weight excluding hydrogens is 642 g/mol. The molecule has 0 spiro atoms. The Morgan fingerprint density at radius 2 is 0.900 bits per heavy atom. The first-order valence-electron chi connectivity index (χ1n) is 16.6. The van der Waals surface area contributed by atoms with Crippen LogP contribution in [0.15, 0.2) is 60.9 Å². The first kappa shape index (κ1) is 38.1. The van der Waals surface area contributed by atoms with E-state index < -0.39 is 59.7 Å². The van der Waals surface area contributed by atoms with Crippen molar-refractivity contribution in [1.82, 2.24) is 30.6 Å². The van der Waals surface area contributed by atoms with Crippen molar-refractivity contribution in [1.29, 1.82) is 0 Å².